The second kappa shape index (κ2) is 3.55. The maximum absolute atomic E-state index is 11.9. The molecule has 1 aliphatic rings. The molecule has 1 radical (unpaired) electrons. The van der Waals surface area contributed by atoms with Crippen LogP contribution in [0.25, 0.3) is 0 Å². The van der Waals surface area contributed by atoms with E-state index < -0.39 is 11.1 Å². The largest absolute Gasteiger partial charge is 0.228 e. The number of hydrogen-bond acceptors (Lipinski definition) is 3. The lowest BCUT2D eigenvalue weighted by Gasteiger charge is -2.33. The van der Waals surface area contributed by atoms with E-state index in [9.17, 15) is 5.21 Å². The number of hydrogen-bond donors (Lipinski definition) is 0. The van der Waals surface area contributed by atoms with E-state index in [2.05, 4.69) is 22.4 Å². The number of isothiocyanates is 1. The molecule has 0 aromatic carbocycles. The average Bonchev–Trinajstić information content (AvgIpc) is 2.23. The lowest BCUT2D eigenvalue weighted by molar-refractivity contribution is -0.238. The highest BCUT2D eigenvalue weighted by Crippen LogP contribution is 2.38. The molecule has 0 aliphatic carbocycles. The zero-order valence-corrected chi connectivity index (χ0v) is 9.81. The zero-order chi connectivity index (χ0) is 11.0. The van der Waals surface area contributed by atoms with Crippen molar-refractivity contribution in [2.45, 2.75) is 38.8 Å². The molecule has 0 fully saturated rings. The Kier molecular flexibility index (Phi) is 2.93. The molecular weight excluding hydrogens is 196 g/mol. The van der Waals surface area contributed by atoms with Crippen molar-refractivity contribution < 1.29 is 5.21 Å². The van der Waals surface area contributed by atoms with Gasteiger partial charge in [0.25, 0.3) is 0 Å². The minimum absolute atomic E-state index is 0.449. The molecule has 0 bridgehead atoms. The summed E-state index contributed by atoms with van der Waals surface area (Å²) in [7, 11) is 0. The fraction of sp³-hybridized carbons (Fsp3) is 0.700. The van der Waals surface area contributed by atoms with Gasteiger partial charge in [-0.15, -0.1) is 10.3 Å². The van der Waals surface area contributed by atoms with Gasteiger partial charge in [-0.1, -0.05) is 6.08 Å². The molecule has 1 rings (SSSR count). The first-order valence-electron chi connectivity index (χ1n) is 4.55. The Labute approximate surface area is 90.1 Å². The molecule has 77 valence electrons. The molecular formula is C10H15N2OS. The van der Waals surface area contributed by atoms with Crippen LogP contribution < -0.4 is 0 Å². The summed E-state index contributed by atoms with van der Waals surface area (Å²) in [4.78, 5) is 3.88. The Morgan fingerprint density at radius 2 is 2.07 bits per heavy atom. The summed E-state index contributed by atoms with van der Waals surface area (Å²) in [6, 6.07) is 0. The summed E-state index contributed by atoms with van der Waals surface area (Å²) in [5.41, 5.74) is 0.0736. The van der Waals surface area contributed by atoms with Gasteiger partial charge >= 0.3 is 0 Å². The SMILES string of the molecule is CC1(C)C=C(CN=C=S)C(C)(C)N1[O]. The first kappa shape index (κ1) is 11.5. The van der Waals surface area contributed by atoms with Crippen LogP contribution in [0.4, 0.5) is 0 Å². The van der Waals surface area contributed by atoms with Gasteiger partial charge in [0.2, 0.25) is 0 Å². The second-order valence-electron chi connectivity index (χ2n) is 4.58. The number of hydroxylamine groups is 2. The van der Waals surface area contributed by atoms with Crippen LogP contribution >= 0.6 is 12.2 Å². The lowest BCUT2D eigenvalue weighted by atomic mass is 9.97. The summed E-state index contributed by atoms with van der Waals surface area (Å²) in [6.07, 6.45) is 1.97. The molecule has 0 amide bonds. The predicted molar refractivity (Wildman–Crippen MR) is 58.7 cm³/mol. The topological polar surface area (TPSA) is 35.5 Å². The molecule has 0 saturated heterocycles. The van der Waals surface area contributed by atoms with Crippen molar-refractivity contribution in [1.82, 2.24) is 5.06 Å². The summed E-state index contributed by atoms with van der Waals surface area (Å²) >= 11 is 4.51. The Bertz CT molecular complexity index is 314. The van der Waals surface area contributed by atoms with E-state index in [1.165, 1.54) is 0 Å². The van der Waals surface area contributed by atoms with E-state index in [1.54, 1.807) is 0 Å². The fourth-order valence-corrected chi connectivity index (χ4v) is 1.93. The highest BCUT2D eigenvalue weighted by Gasteiger charge is 2.45. The third kappa shape index (κ3) is 1.79. The van der Waals surface area contributed by atoms with Gasteiger partial charge in [0.15, 0.2) is 0 Å². The number of aliphatic imine (C=N–C) groups is 1. The summed E-state index contributed by atoms with van der Waals surface area (Å²) in [5.74, 6) is 0. The average molecular weight is 211 g/mol. The number of nitrogens with zero attached hydrogens (tertiary/aromatic N) is 2. The van der Waals surface area contributed by atoms with E-state index in [1.807, 2.05) is 33.8 Å². The van der Waals surface area contributed by atoms with Gasteiger partial charge in [-0.2, -0.15) is 0 Å². The maximum atomic E-state index is 11.9. The highest BCUT2D eigenvalue weighted by atomic mass is 32.1. The first-order valence-corrected chi connectivity index (χ1v) is 4.96. The van der Waals surface area contributed by atoms with Crippen LogP contribution in [-0.2, 0) is 5.21 Å². The van der Waals surface area contributed by atoms with Crippen molar-refractivity contribution in [3.63, 3.8) is 0 Å². The van der Waals surface area contributed by atoms with E-state index in [0.29, 0.717) is 6.54 Å². The van der Waals surface area contributed by atoms with Gasteiger partial charge in [-0.05, 0) is 45.5 Å². The zero-order valence-electron chi connectivity index (χ0n) is 9.00. The molecule has 1 heterocycles. The smallest absolute Gasteiger partial charge is 0.0722 e. The minimum Gasteiger partial charge on any atom is -0.228 e. The van der Waals surface area contributed by atoms with Crippen LogP contribution in [-0.4, -0.2) is 27.8 Å². The molecule has 1 aliphatic heterocycles. The van der Waals surface area contributed by atoms with E-state index >= 15 is 0 Å². The number of rotatable bonds is 2. The lowest BCUT2D eigenvalue weighted by Crippen LogP contribution is -2.47. The highest BCUT2D eigenvalue weighted by molar-refractivity contribution is 7.78. The third-order valence-corrected chi connectivity index (χ3v) is 2.79. The van der Waals surface area contributed by atoms with Gasteiger partial charge in [-0.3, -0.25) is 0 Å². The van der Waals surface area contributed by atoms with Crippen molar-refractivity contribution in [2.75, 3.05) is 6.54 Å². The van der Waals surface area contributed by atoms with Crippen molar-refractivity contribution in [1.29, 1.82) is 0 Å². The van der Waals surface area contributed by atoms with Gasteiger partial charge in [0.05, 0.1) is 22.8 Å². The van der Waals surface area contributed by atoms with E-state index in [4.69, 9.17) is 0 Å². The quantitative estimate of drug-likeness (QED) is 0.399. The first-order chi connectivity index (χ1) is 6.32. The molecule has 0 aromatic rings. The van der Waals surface area contributed by atoms with Crippen LogP contribution in [0.2, 0.25) is 0 Å². The van der Waals surface area contributed by atoms with E-state index in [-0.39, 0.29) is 0 Å². The minimum atomic E-state index is -0.487. The molecule has 0 atom stereocenters. The van der Waals surface area contributed by atoms with Crippen molar-refractivity contribution >= 4 is 17.4 Å². The molecule has 14 heavy (non-hydrogen) atoms. The van der Waals surface area contributed by atoms with Gasteiger partial charge in [-0.25, -0.2) is 4.99 Å². The maximum Gasteiger partial charge on any atom is 0.0722 e. The predicted octanol–water partition coefficient (Wildman–Crippen LogP) is 2.23. The summed E-state index contributed by atoms with van der Waals surface area (Å²) in [5, 5.41) is 15.3. The van der Waals surface area contributed by atoms with Crippen molar-refractivity contribution in [3.8, 4) is 0 Å². The van der Waals surface area contributed by atoms with Crippen LogP contribution in [0.3, 0.4) is 0 Å². The van der Waals surface area contributed by atoms with Crippen molar-refractivity contribution in [3.05, 3.63) is 11.6 Å². The monoisotopic (exact) mass is 211 g/mol. The third-order valence-electron chi connectivity index (χ3n) is 2.66. The molecule has 0 spiro atoms. The molecule has 4 heteroatoms. The summed E-state index contributed by atoms with van der Waals surface area (Å²) in [6.45, 7) is 8.07. The summed E-state index contributed by atoms with van der Waals surface area (Å²) < 4.78 is 0. The fourth-order valence-electron chi connectivity index (χ4n) is 1.87. The molecule has 0 N–H and O–H groups in total. The molecule has 0 aromatic heterocycles. The standard InChI is InChI=1S/C10H15N2OS/c1-9(2)5-8(6-11-7-14)10(3,4)12(9)13/h5H,6H2,1-4H3. The van der Waals surface area contributed by atoms with Gasteiger partial charge in [0.1, 0.15) is 0 Å². The molecule has 0 unspecified atom stereocenters. The number of thiocarbonyl (C=S) groups is 1. The Balaban J connectivity index is 3.00. The van der Waals surface area contributed by atoms with Crippen LogP contribution in [0.5, 0.6) is 0 Å². The van der Waals surface area contributed by atoms with E-state index in [0.717, 1.165) is 10.6 Å². The Morgan fingerprint density at radius 3 is 2.43 bits per heavy atom. The Morgan fingerprint density at radius 1 is 1.50 bits per heavy atom. The van der Waals surface area contributed by atoms with Crippen LogP contribution in [0, 0.1) is 0 Å². The van der Waals surface area contributed by atoms with Gasteiger partial charge in [0, 0.05) is 0 Å². The second-order valence-corrected chi connectivity index (χ2v) is 4.77. The molecule has 0 saturated carbocycles. The van der Waals surface area contributed by atoms with Crippen molar-refractivity contribution in [2.24, 2.45) is 4.99 Å². The van der Waals surface area contributed by atoms with Crippen LogP contribution in [0.1, 0.15) is 27.7 Å². The van der Waals surface area contributed by atoms with Gasteiger partial charge < -0.3 is 0 Å². The Hall–Kier alpha value is -0.540. The normalized spacial score (nSPS) is 24.2. The molecule has 3 nitrogen and oxygen atoms in total. The van der Waals surface area contributed by atoms with Crippen LogP contribution in [0.15, 0.2) is 16.6 Å².